The standard InChI is InChI=1S/C33H42N4O4S2/c1-21-22(2)24(4)30(25(5)23(21)3)43(40,41)37-19-17-36(18-20-37)33(39)34-31-28(32(38)35-15-11-8-12-16-35)26(6)29(42-31)27-13-9-7-10-14-27/h7,9-10,13-14H,8,11-12,15-20H2,1-6H3,(H,34,39). The molecule has 10 heteroatoms. The lowest BCUT2D eigenvalue weighted by atomic mass is 9.95. The Morgan fingerprint density at radius 2 is 1.26 bits per heavy atom. The smallest absolute Gasteiger partial charge is 0.322 e. The number of benzene rings is 2. The molecule has 2 aromatic carbocycles. The lowest BCUT2D eigenvalue weighted by Crippen LogP contribution is -2.51. The molecule has 3 aromatic rings. The van der Waals surface area contributed by atoms with E-state index in [0.29, 0.717) is 15.5 Å². The van der Waals surface area contributed by atoms with E-state index >= 15 is 0 Å². The van der Waals surface area contributed by atoms with Crippen LogP contribution in [0.2, 0.25) is 0 Å². The van der Waals surface area contributed by atoms with Gasteiger partial charge in [-0.2, -0.15) is 4.31 Å². The summed E-state index contributed by atoms with van der Waals surface area (Å²) in [5.41, 5.74) is 7.11. The number of piperazine rings is 1. The molecule has 2 aliphatic rings. The first-order valence-electron chi connectivity index (χ1n) is 15.0. The summed E-state index contributed by atoms with van der Waals surface area (Å²) >= 11 is 1.42. The number of nitrogens with one attached hydrogen (secondary N) is 1. The summed E-state index contributed by atoms with van der Waals surface area (Å²) < 4.78 is 29.1. The fourth-order valence-electron chi connectivity index (χ4n) is 6.27. The van der Waals surface area contributed by atoms with Gasteiger partial charge < -0.3 is 9.80 Å². The average molecular weight is 623 g/mol. The Hall–Kier alpha value is -3.21. The van der Waals surface area contributed by atoms with E-state index in [9.17, 15) is 18.0 Å². The molecule has 2 aliphatic heterocycles. The Bertz CT molecular complexity index is 1620. The highest BCUT2D eigenvalue weighted by molar-refractivity contribution is 7.89. The number of carbonyl (C=O) groups is 2. The minimum absolute atomic E-state index is 0.0451. The summed E-state index contributed by atoms with van der Waals surface area (Å²) in [4.78, 5) is 32.2. The highest BCUT2D eigenvalue weighted by Crippen LogP contribution is 2.41. The highest BCUT2D eigenvalue weighted by Gasteiger charge is 2.34. The zero-order chi connectivity index (χ0) is 31.1. The van der Waals surface area contributed by atoms with Crippen LogP contribution >= 0.6 is 11.3 Å². The van der Waals surface area contributed by atoms with Crippen LogP contribution in [0, 0.1) is 41.5 Å². The maximum Gasteiger partial charge on any atom is 0.322 e. The van der Waals surface area contributed by atoms with Crippen LogP contribution in [0.5, 0.6) is 0 Å². The number of likely N-dealkylation sites (tertiary alicyclic amines) is 1. The third kappa shape index (κ3) is 5.84. The predicted octanol–water partition coefficient (Wildman–Crippen LogP) is 6.43. The number of anilines is 1. The molecule has 0 unspecified atom stereocenters. The molecule has 2 saturated heterocycles. The second-order valence-electron chi connectivity index (χ2n) is 11.8. The molecule has 0 bridgehead atoms. The van der Waals surface area contributed by atoms with Gasteiger partial charge in [-0.15, -0.1) is 11.3 Å². The lowest BCUT2D eigenvalue weighted by Gasteiger charge is -2.35. The predicted molar refractivity (Wildman–Crippen MR) is 174 cm³/mol. The van der Waals surface area contributed by atoms with Crippen molar-refractivity contribution in [3.8, 4) is 10.4 Å². The SMILES string of the molecule is Cc1c(C)c(C)c(S(=O)(=O)N2CCN(C(=O)Nc3sc(-c4ccccc4)c(C)c3C(=O)N3CCCCC3)CC2)c(C)c1C. The van der Waals surface area contributed by atoms with Crippen LogP contribution < -0.4 is 5.32 Å². The van der Waals surface area contributed by atoms with Gasteiger partial charge in [-0.3, -0.25) is 10.1 Å². The van der Waals surface area contributed by atoms with Crippen molar-refractivity contribution in [3.05, 3.63) is 69.3 Å². The van der Waals surface area contributed by atoms with Crippen LogP contribution in [0.3, 0.4) is 0 Å². The van der Waals surface area contributed by atoms with Gasteiger partial charge in [-0.1, -0.05) is 30.3 Å². The summed E-state index contributed by atoms with van der Waals surface area (Å²) in [6.07, 6.45) is 3.08. The number of hydrogen-bond acceptors (Lipinski definition) is 5. The van der Waals surface area contributed by atoms with Crippen LogP contribution in [0.25, 0.3) is 10.4 Å². The number of thiophene rings is 1. The maximum absolute atomic E-state index is 13.8. The topological polar surface area (TPSA) is 90.0 Å². The van der Waals surface area contributed by atoms with Gasteiger partial charge in [0.05, 0.1) is 10.5 Å². The fraction of sp³-hybridized carbons (Fsp3) is 0.455. The van der Waals surface area contributed by atoms with Crippen LogP contribution in [0.15, 0.2) is 35.2 Å². The van der Waals surface area contributed by atoms with E-state index < -0.39 is 10.0 Å². The molecule has 230 valence electrons. The summed E-state index contributed by atoms with van der Waals surface area (Å²) in [5.74, 6) is -0.0451. The van der Waals surface area contributed by atoms with Crippen molar-refractivity contribution >= 4 is 38.3 Å². The van der Waals surface area contributed by atoms with Crippen LogP contribution in [0.4, 0.5) is 9.80 Å². The number of carbonyl (C=O) groups excluding carboxylic acids is 2. The molecule has 5 rings (SSSR count). The van der Waals surface area contributed by atoms with Crippen molar-refractivity contribution in [2.75, 3.05) is 44.6 Å². The Balaban J connectivity index is 1.36. The van der Waals surface area contributed by atoms with Gasteiger partial charge in [0.15, 0.2) is 0 Å². The number of piperidine rings is 1. The van der Waals surface area contributed by atoms with Gasteiger partial charge in [-0.05, 0) is 99.7 Å². The van der Waals surface area contributed by atoms with E-state index in [1.165, 1.54) is 15.6 Å². The number of hydrogen-bond donors (Lipinski definition) is 1. The summed E-state index contributed by atoms with van der Waals surface area (Å²) in [5, 5.41) is 3.59. The van der Waals surface area contributed by atoms with Crippen molar-refractivity contribution in [2.24, 2.45) is 0 Å². The lowest BCUT2D eigenvalue weighted by molar-refractivity contribution is 0.0725. The monoisotopic (exact) mass is 622 g/mol. The van der Waals surface area contributed by atoms with E-state index in [-0.39, 0.29) is 38.1 Å². The molecule has 1 aromatic heterocycles. The van der Waals surface area contributed by atoms with Gasteiger partial charge in [0.25, 0.3) is 5.91 Å². The first-order valence-corrected chi connectivity index (χ1v) is 17.3. The number of sulfonamides is 1. The maximum atomic E-state index is 13.8. The molecule has 0 atom stereocenters. The largest absolute Gasteiger partial charge is 0.339 e. The number of amides is 3. The molecular formula is C33H42N4O4S2. The molecule has 0 aliphatic carbocycles. The van der Waals surface area contributed by atoms with Crippen LogP contribution in [-0.4, -0.2) is 73.7 Å². The Morgan fingerprint density at radius 1 is 0.698 bits per heavy atom. The third-order valence-electron chi connectivity index (χ3n) is 9.32. The van der Waals surface area contributed by atoms with E-state index in [0.717, 1.165) is 76.2 Å². The van der Waals surface area contributed by atoms with Crippen LogP contribution in [0.1, 0.15) is 63.0 Å². The molecule has 3 heterocycles. The molecule has 3 amide bonds. The molecule has 43 heavy (non-hydrogen) atoms. The second kappa shape index (κ2) is 12.4. The quantitative estimate of drug-likeness (QED) is 0.355. The molecule has 1 N–H and O–H groups in total. The van der Waals surface area contributed by atoms with Crippen LogP contribution in [-0.2, 0) is 10.0 Å². The van der Waals surface area contributed by atoms with Crippen molar-refractivity contribution in [3.63, 3.8) is 0 Å². The van der Waals surface area contributed by atoms with E-state index in [2.05, 4.69) is 5.32 Å². The Kier molecular flexibility index (Phi) is 9.02. The minimum atomic E-state index is -3.73. The normalized spacial score (nSPS) is 16.4. The van der Waals surface area contributed by atoms with Gasteiger partial charge in [0, 0.05) is 44.1 Å². The van der Waals surface area contributed by atoms with Gasteiger partial charge in [0.2, 0.25) is 10.0 Å². The fourth-order valence-corrected chi connectivity index (χ4v) is 9.44. The second-order valence-corrected chi connectivity index (χ2v) is 14.7. The van der Waals surface area contributed by atoms with Crippen molar-refractivity contribution in [1.29, 1.82) is 0 Å². The van der Waals surface area contributed by atoms with Gasteiger partial charge >= 0.3 is 6.03 Å². The molecular weight excluding hydrogens is 581 g/mol. The number of nitrogens with zero attached hydrogens (tertiary/aromatic N) is 3. The van der Waals surface area contributed by atoms with Crippen molar-refractivity contribution in [2.45, 2.75) is 65.7 Å². The zero-order valence-electron chi connectivity index (χ0n) is 26.0. The minimum Gasteiger partial charge on any atom is -0.339 e. The third-order valence-corrected chi connectivity index (χ3v) is 12.7. The van der Waals surface area contributed by atoms with Gasteiger partial charge in [-0.25, -0.2) is 13.2 Å². The van der Waals surface area contributed by atoms with E-state index in [1.807, 2.05) is 76.8 Å². The summed E-state index contributed by atoms with van der Waals surface area (Å²) in [6, 6.07) is 9.60. The van der Waals surface area contributed by atoms with Gasteiger partial charge in [0.1, 0.15) is 5.00 Å². The first-order chi connectivity index (χ1) is 20.4. The van der Waals surface area contributed by atoms with E-state index in [1.54, 1.807) is 4.90 Å². The summed E-state index contributed by atoms with van der Waals surface area (Å²) in [7, 11) is -3.73. The Morgan fingerprint density at radius 3 is 1.84 bits per heavy atom. The number of urea groups is 1. The molecule has 0 spiro atoms. The Labute approximate surface area is 259 Å². The summed E-state index contributed by atoms with van der Waals surface area (Å²) in [6.45, 7) is 14.1. The zero-order valence-corrected chi connectivity index (χ0v) is 27.7. The molecule has 0 radical (unpaired) electrons. The van der Waals surface area contributed by atoms with E-state index in [4.69, 9.17) is 0 Å². The molecule has 2 fully saturated rings. The molecule has 0 saturated carbocycles. The molecule has 8 nitrogen and oxygen atoms in total. The average Bonchev–Trinajstić information content (AvgIpc) is 3.34. The highest BCUT2D eigenvalue weighted by atomic mass is 32.2. The van der Waals surface area contributed by atoms with Crippen molar-refractivity contribution in [1.82, 2.24) is 14.1 Å². The number of rotatable bonds is 5. The van der Waals surface area contributed by atoms with Crippen molar-refractivity contribution < 1.29 is 18.0 Å². The first kappa shape index (κ1) is 31.2.